The zero-order valence-corrected chi connectivity index (χ0v) is 20.5. The molecule has 8 nitrogen and oxygen atoms in total. The second-order valence-electron chi connectivity index (χ2n) is 7.47. The largest absolute Gasteiger partial charge is 0.497 e. The summed E-state index contributed by atoms with van der Waals surface area (Å²) in [6, 6.07) is 18.3. The van der Waals surface area contributed by atoms with Crippen molar-refractivity contribution in [3.05, 3.63) is 87.9 Å². The van der Waals surface area contributed by atoms with Gasteiger partial charge in [0.15, 0.2) is 0 Å². The van der Waals surface area contributed by atoms with Crippen LogP contribution < -0.4 is 24.4 Å². The van der Waals surface area contributed by atoms with Gasteiger partial charge in [-0.25, -0.2) is 9.69 Å². The smallest absolute Gasteiger partial charge is 0.335 e. The third-order valence-corrected chi connectivity index (χ3v) is 5.78. The van der Waals surface area contributed by atoms with Crippen molar-refractivity contribution in [3.63, 3.8) is 0 Å². The zero-order chi connectivity index (χ0) is 24.9. The van der Waals surface area contributed by atoms with Gasteiger partial charge >= 0.3 is 6.03 Å². The van der Waals surface area contributed by atoms with Crippen LogP contribution in [-0.2, 0) is 16.2 Å². The van der Waals surface area contributed by atoms with Crippen LogP contribution in [-0.4, -0.2) is 32.1 Å². The topological polar surface area (TPSA) is 94.2 Å². The summed E-state index contributed by atoms with van der Waals surface area (Å²) in [6.45, 7) is 0.362. The molecule has 0 atom stereocenters. The van der Waals surface area contributed by atoms with Crippen LogP contribution in [0.2, 0.25) is 0 Å². The number of imide groups is 2. The molecule has 0 aromatic heterocycles. The van der Waals surface area contributed by atoms with Crippen LogP contribution in [0.4, 0.5) is 10.5 Å². The number of rotatable bonds is 7. The minimum absolute atomic E-state index is 0.205. The molecule has 0 spiro atoms. The number of carbonyl (C=O) groups excluding carboxylic acids is 3. The van der Waals surface area contributed by atoms with Crippen LogP contribution in [0.3, 0.4) is 0 Å². The highest BCUT2D eigenvalue weighted by Gasteiger charge is 2.37. The Hall–Kier alpha value is -4.11. The van der Waals surface area contributed by atoms with Gasteiger partial charge in [-0.3, -0.25) is 14.9 Å². The van der Waals surface area contributed by atoms with Gasteiger partial charge in [0.05, 0.1) is 19.9 Å². The SMILES string of the molecule is COc1ccc(/C=C2\C(=O)NC(=O)N(c3ccc(OCc4ccc(Br)cc4)cc3)C2=O)c(OC)c1. The molecule has 1 aliphatic heterocycles. The lowest BCUT2D eigenvalue weighted by molar-refractivity contribution is -0.122. The predicted molar refractivity (Wildman–Crippen MR) is 133 cm³/mol. The molecule has 0 saturated carbocycles. The van der Waals surface area contributed by atoms with Gasteiger partial charge < -0.3 is 14.2 Å². The van der Waals surface area contributed by atoms with E-state index in [-0.39, 0.29) is 5.57 Å². The summed E-state index contributed by atoms with van der Waals surface area (Å²) in [5.41, 5.74) is 1.56. The van der Waals surface area contributed by atoms with Gasteiger partial charge in [-0.2, -0.15) is 0 Å². The average molecular weight is 537 g/mol. The number of carbonyl (C=O) groups is 3. The number of nitrogens with one attached hydrogen (secondary N) is 1. The van der Waals surface area contributed by atoms with Crippen molar-refractivity contribution in [1.82, 2.24) is 5.32 Å². The molecule has 3 aromatic carbocycles. The van der Waals surface area contributed by atoms with E-state index in [1.165, 1.54) is 20.3 Å². The lowest BCUT2D eigenvalue weighted by Gasteiger charge is -2.26. The second-order valence-corrected chi connectivity index (χ2v) is 8.39. The van der Waals surface area contributed by atoms with Gasteiger partial charge in [0.25, 0.3) is 11.8 Å². The van der Waals surface area contributed by atoms with E-state index < -0.39 is 17.8 Å². The molecule has 9 heteroatoms. The Morgan fingerprint density at radius 2 is 1.57 bits per heavy atom. The molecule has 1 saturated heterocycles. The van der Waals surface area contributed by atoms with Crippen molar-refractivity contribution in [2.24, 2.45) is 0 Å². The van der Waals surface area contributed by atoms with E-state index >= 15 is 0 Å². The molecule has 1 heterocycles. The fraction of sp³-hybridized carbons (Fsp3) is 0.115. The lowest BCUT2D eigenvalue weighted by atomic mass is 10.1. The van der Waals surface area contributed by atoms with Gasteiger partial charge in [-0.1, -0.05) is 28.1 Å². The first kappa shape index (κ1) is 24.0. The summed E-state index contributed by atoms with van der Waals surface area (Å²) in [5.74, 6) is -0.00378. The Morgan fingerprint density at radius 1 is 0.886 bits per heavy atom. The maximum atomic E-state index is 13.2. The number of barbiturate groups is 1. The monoisotopic (exact) mass is 536 g/mol. The van der Waals surface area contributed by atoms with Gasteiger partial charge in [0.1, 0.15) is 29.4 Å². The first-order valence-electron chi connectivity index (χ1n) is 10.5. The quantitative estimate of drug-likeness (QED) is 0.347. The van der Waals surface area contributed by atoms with Crippen LogP contribution >= 0.6 is 15.9 Å². The first-order chi connectivity index (χ1) is 16.9. The fourth-order valence-corrected chi connectivity index (χ4v) is 3.69. The van der Waals surface area contributed by atoms with E-state index in [4.69, 9.17) is 14.2 Å². The fourth-order valence-electron chi connectivity index (χ4n) is 3.42. The van der Waals surface area contributed by atoms with Crippen molar-refractivity contribution in [1.29, 1.82) is 0 Å². The maximum Gasteiger partial charge on any atom is 0.335 e. The highest BCUT2D eigenvalue weighted by atomic mass is 79.9. The van der Waals surface area contributed by atoms with Gasteiger partial charge in [-0.05, 0) is 60.2 Å². The molecular weight excluding hydrogens is 516 g/mol. The third-order valence-electron chi connectivity index (χ3n) is 5.26. The zero-order valence-electron chi connectivity index (χ0n) is 18.9. The maximum absolute atomic E-state index is 13.2. The summed E-state index contributed by atoms with van der Waals surface area (Å²) >= 11 is 3.39. The highest BCUT2D eigenvalue weighted by Crippen LogP contribution is 2.29. The second kappa shape index (κ2) is 10.4. The molecule has 0 unspecified atom stereocenters. The van der Waals surface area contributed by atoms with E-state index in [0.717, 1.165) is 14.9 Å². The summed E-state index contributed by atoms with van der Waals surface area (Å²) < 4.78 is 17.3. The number of hydrogen-bond donors (Lipinski definition) is 1. The van der Waals surface area contributed by atoms with Gasteiger partial charge in [0, 0.05) is 16.1 Å². The Morgan fingerprint density at radius 3 is 2.23 bits per heavy atom. The molecule has 4 amide bonds. The van der Waals surface area contributed by atoms with E-state index in [1.807, 2.05) is 24.3 Å². The summed E-state index contributed by atoms with van der Waals surface area (Å²) in [4.78, 5) is 39.1. The number of benzene rings is 3. The highest BCUT2D eigenvalue weighted by molar-refractivity contribution is 9.10. The van der Waals surface area contributed by atoms with Crippen LogP contribution in [0.25, 0.3) is 6.08 Å². The lowest BCUT2D eigenvalue weighted by Crippen LogP contribution is -2.54. The third kappa shape index (κ3) is 5.36. The van der Waals surface area contributed by atoms with E-state index in [9.17, 15) is 14.4 Å². The van der Waals surface area contributed by atoms with E-state index in [2.05, 4.69) is 21.2 Å². The molecule has 1 N–H and O–H groups in total. The molecule has 0 radical (unpaired) electrons. The summed E-state index contributed by atoms with van der Waals surface area (Å²) in [7, 11) is 2.99. The van der Waals surface area contributed by atoms with Crippen LogP contribution in [0.15, 0.2) is 76.8 Å². The Balaban J connectivity index is 1.55. The Labute approximate surface area is 210 Å². The molecule has 178 valence electrons. The first-order valence-corrected chi connectivity index (χ1v) is 11.3. The van der Waals surface area contributed by atoms with Gasteiger partial charge in [-0.15, -0.1) is 0 Å². The van der Waals surface area contributed by atoms with Crippen molar-refractivity contribution in [2.45, 2.75) is 6.61 Å². The van der Waals surface area contributed by atoms with Crippen molar-refractivity contribution in [2.75, 3.05) is 19.1 Å². The summed E-state index contributed by atoms with van der Waals surface area (Å²) in [6.07, 6.45) is 1.38. The number of ether oxygens (including phenoxy) is 3. The number of halogens is 1. The average Bonchev–Trinajstić information content (AvgIpc) is 2.87. The molecular formula is C26H21BrN2O6. The minimum Gasteiger partial charge on any atom is -0.497 e. The molecule has 4 rings (SSSR count). The predicted octanol–water partition coefficient (Wildman–Crippen LogP) is 4.71. The van der Waals surface area contributed by atoms with Crippen molar-refractivity contribution >= 4 is 45.5 Å². The molecule has 1 fully saturated rings. The number of methoxy groups -OCH3 is 2. The number of anilines is 1. The van der Waals surface area contributed by atoms with Crippen LogP contribution in [0, 0.1) is 0 Å². The summed E-state index contributed by atoms with van der Waals surface area (Å²) in [5, 5.41) is 2.21. The Bertz CT molecular complexity index is 1300. The van der Waals surface area contributed by atoms with Gasteiger partial charge in [0.2, 0.25) is 0 Å². The van der Waals surface area contributed by atoms with Crippen molar-refractivity contribution in [3.8, 4) is 17.2 Å². The van der Waals surface area contributed by atoms with Crippen molar-refractivity contribution < 1.29 is 28.6 Å². The molecule has 0 aliphatic carbocycles. The Kier molecular flexibility index (Phi) is 7.17. The van der Waals surface area contributed by atoms with E-state index in [1.54, 1.807) is 42.5 Å². The molecule has 3 aromatic rings. The number of urea groups is 1. The number of nitrogens with zero attached hydrogens (tertiary/aromatic N) is 1. The molecule has 35 heavy (non-hydrogen) atoms. The molecule has 1 aliphatic rings. The normalized spacial score (nSPS) is 14.7. The standard InChI is InChI=1S/C26H21BrN2O6/c1-33-21-10-5-17(23(14-21)34-2)13-22-24(30)28-26(32)29(25(22)31)19-8-11-20(12-9-19)35-15-16-3-6-18(27)7-4-16/h3-14H,15H2,1-2H3,(H,28,30,32)/b22-13+. The van der Waals surface area contributed by atoms with E-state index in [0.29, 0.717) is 35.1 Å². The number of amides is 4. The minimum atomic E-state index is -0.831. The van der Waals surface area contributed by atoms with Crippen LogP contribution in [0.1, 0.15) is 11.1 Å². The number of hydrogen-bond acceptors (Lipinski definition) is 6. The van der Waals surface area contributed by atoms with Crippen LogP contribution in [0.5, 0.6) is 17.2 Å². The molecule has 0 bridgehead atoms.